The molecule has 3 N–H and O–H groups in total. The number of aromatic carboxylic acids is 1. The maximum Gasteiger partial charge on any atom is 0.415 e. The van der Waals surface area contributed by atoms with Crippen LogP contribution in [-0.2, 0) is 22.5 Å². The molecule has 0 bridgehead atoms. The minimum absolute atomic E-state index is 0.0335. The van der Waals surface area contributed by atoms with Crippen molar-refractivity contribution in [3.8, 4) is 5.75 Å². The Labute approximate surface area is 221 Å². The van der Waals surface area contributed by atoms with E-state index < -0.39 is 40.9 Å². The Balaban J connectivity index is 1.40. The number of aromatic nitrogens is 1. The van der Waals surface area contributed by atoms with E-state index in [4.69, 9.17) is 15.2 Å². The molecule has 1 fully saturated rings. The lowest BCUT2D eigenvalue weighted by Gasteiger charge is -2.32. The molecule has 4 heterocycles. The van der Waals surface area contributed by atoms with Gasteiger partial charge in [0.25, 0.3) is 5.91 Å². The molecule has 11 nitrogen and oxygen atoms in total. The number of cyclic esters (lactones) is 1. The summed E-state index contributed by atoms with van der Waals surface area (Å²) in [6.45, 7) is 2.89. The van der Waals surface area contributed by atoms with Crippen LogP contribution >= 0.6 is 0 Å². The molecule has 39 heavy (non-hydrogen) atoms. The Morgan fingerprint density at radius 1 is 1.18 bits per heavy atom. The zero-order valence-electron chi connectivity index (χ0n) is 21.0. The van der Waals surface area contributed by atoms with Gasteiger partial charge in [-0.05, 0) is 49.1 Å². The minimum Gasteiger partial charge on any atom is -0.487 e. The number of hydrogen-bond donors (Lipinski definition) is 2. The topological polar surface area (TPSA) is 144 Å². The van der Waals surface area contributed by atoms with Crippen molar-refractivity contribution in [2.24, 2.45) is 5.73 Å². The summed E-state index contributed by atoms with van der Waals surface area (Å²) in [5, 5.41) is 9.48. The molecule has 3 aromatic rings. The van der Waals surface area contributed by atoms with Crippen molar-refractivity contribution in [2.75, 3.05) is 29.5 Å². The third kappa shape index (κ3) is 3.94. The van der Waals surface area contributed by atoms with E-state index >= 15 is 4.39 Å². The van der Waals surface area contributed by atoms with Crippen molar-refractivity contribution < 1.29 is 33.4 Å². The molecule has 1 aromatic heterocycles. The second-order valence-electron chi connectivity index (χ2n) is 10.0. The van der Waals surface area contributed by atoms with E-state index in [0.717, 1.165) is 17.2 Å². The number of pyridine rings is 1. The van der Waals surface area contributed by atoms with Crippen molar-refractivity contribution in [1.82, 2.24) is 4.57 Å². The van der Waals surface area contributed by atoms with Gasteiger partial charge in [0.15, 0.2) is 17.7 Å². The van der Waals surface area contributed by atoms with Crippen LogP contribution in [-0.4, -0.2) is 53.4 Å². The average Bonchev–Trinajstić information content (AvgIpc) is 3.16. The molecule has 2 aromatic carbocycles. The lowest BCUT2D eigenvalue weighted by molar-refractivity contribution is -0.124. The van der Waals surface area contributed by atoms with Crippen molar-refractivity contribution in [1.29, 1.82) is 0 Å². The van der Waals surface area contributed by atoms with Gasteiger partial charge >= 0.3 is 12.1 Å². The number of carboxylic acid groups (broad SMARTS) is 1. The predicted molar refractivity (Wildman–Crippen MR) is 138 cm³/mol. The number of carboxylic acids is 1. The molecule has 0 saturated carbocycles. The van der Waals surface area contributed by atoms with Crippen LogP contribution in [0.4, 0.5) is 20.6 Å². The summed E-state index contributed by atoms with van der Waals surface area (Å²) < 4.78 is 28.5. The summed E-state index contributed by atoms with van der Waals surface area (Å²) in [5.74, 6) is -2.53. The number of ether oxygens (including phenoxy) is 2. The molecule has 3 aliphatic heterocycles. The fraction of sp³-hybridized carbons (Fsp3) is 0.333. The summed E-state index contributed by atoms with van der Waals surface area (Å²) in [5.41, 5.74) is 7.17. The number of carbonyl (C=O) groups is 3. The molecule has 0 spiro atoms. The van der Waals surface area contributed by atoms with Crippen molar-refractivity contribution in [3.63, 3.8) is 0 Å². The number of halogens is 1. The Morgan fingerprint density at radius 2 is 1.97 bits per heavy atom. The quantitative estimate of drug-likeness (QED) is 0.518. The monoisotopic (exact) mass is 536 g/mol. The molecule has 202 valence electrons. The summed E-state index contributed by atoms with van der Waals surface area (Å²) in [4.78, 5) is 51.6. The van der Waals surface area contributed by atoms with Crippen LogP contribution in [0.2, 0.25) is 0 Å². The number of benzene rings is 2. The lowest BCUT2D eigenvalue weighted by atomic mass is 10.0. The van der Waals surface area contributed by atoms with Crippen LogP contribution in [0.5, 0.6) is 5.75 Å². The van der Waals surface area contributed by atoms with E-state index in [2.05, 4.69) is 0 Å². The number of fused-ring (bicyclic) bond motifs is 1. The highest BCUT2D eigenvalue weighted by Crippen LogP contribution is 2.43. The van der Waals surface area contributed by atoms with Gasteiger partial charge < -0.3 is 29.8 Å². The molecule has 2 amide bonds. The minimum atomic E-state index is -1.37. The molecule has 1 saturated heterocycles. The van der Waals surface area contributed by atoms with E-state index in [-0.39, 0.29) is 36.0 Å². The number of nitrogens with zero attached hydrogens (tertiary/aromatic N) is 3. The highest BCUT2D eigenvalue weighted by atomic mass is 19.1. The molecule has 2 atom stereocenters. The molecule has 0 aliphatic carbocycles. The van der Waals surface area contributed by atoms with E-state index in [9.17, 15) is 24.3 Å². The predicted octanol–water partition coefficient (Wildman–Crippen LogP) is 2.56. The summed E-state index contributed by atoms with van der Waals surface area (Å²) in [7, 11) is 0. The molecule has 12 heteroatoms. The van der Waals surface area contributed by atoms with Gasteiger partial charge in [0.05, 0.1) is 23.5 Å². The second-order valence-corrected chi connectivity index (χ2v) is 10.0. The smallest absolute Gasteiger partial charge is 0.415 e. The third-order valence-electron chi connectivity index (χ3n) is 7.55. The standard InChI is InChI=1S/C27H25FN4O7/c1-13-12-38-24-21-17(23(33)18(26(35)36)10-31(13)21)8-19(28)22(24)30-6-2-3-14-7-16(5-4-15(14)9-30)32-11-20(25(29)34)39-27(32)37/h4-5,7-8,10,13,20H,2-3,6,9,11-12H2,1H3,(H2,29,34)(H,35,36)/t13?,20-/m1/s1. The number of amides is 2. The van der Waals surface area contributed by atoms with Crippen LogP contribution in [0.3, 0.4) is 0 Å². The Morgan fingerprint density at radius 3 is 2.69 bits per heavy atom. The summed E-state index contributed by atoms with van der Waals surface area (Å²) in [6.07, 6.45) is 0.984. The molecular formula is C27H25FN4O7. The number of nitrogens with two attached hydrogens (primary N) is 1. The first-order chi connectivity index (χ1) is 18.6. The largest absolute Gasteiger partial charge is 0.487 e. The zero-order valence-corrected chi connectivity index (χ0v) is 21.0. The molecule has 6 rings (SSSR count). The van der Waals surface area contributed by atoms with Gasteiger partial charge in [0.2, 0.25) is 5.43 Å². The van der Waals surface area contributed by atoms with Gasteiger partial charge in [-0.15, -0.1) is 0 Å². The fourth-order valence-electron chi connectivity index (χ4n) is 5.58. The first-order valence-corrected chi connectivity index (χ1v) is 12.6. The van der Waals surface area contributed by atoms with Crippen LogP contribution in [0.1, 0.15) is 40.9 Å². The number of anilines is 2. The number of carbonyl (C=O) groups excluding carboxylic acids is 2. The number of hydrogen-bond acceptors (Lipinski definition) is 7. The fourth-order valence-corrected chi connectivity index (χ4v) is 5.58. The molecular weight excluding hydrogens is 511 g/mol. The van der Waals surface area contributed by atoms with Gasteiger partial charge in [0, 0.05) is 25.0 Å². The second kappa shape index (κ2) is 9.00. The highest BCUT2D eigenvalue weighted by molar-refractivity contribution is 5.97. The van der Waals surface area contributed by atoms with Gasteiger partial charge in [-0.3, -0.25) is 14.5 Å². The van der Waals surface area contributed by atoms with Gasteiger partial charge in [0.1, 0.15) is 17.9 Å². The van der Waals surface area contributed by atoms with Crippen LogP contribution in [0.15, 0.2) is 35.3 Å². The number of rotatable bonds is 4. The average molecular weight is 537 g/mol. The zero-order chi connectivity index (χ0) is 27.6. The number of aryl methyl sites for hydroxylation is 1. The van der Waals surface area contributed by atoms with E-state index in [1.165, 1.54) is 11.1 Å². The summed E-state index contributed by atoms with van der Waals surface area (Å²) >= 11 is 0. The van der Waals surface area contributed by atoms with E-state index in [1.807, 2.05) is 24.0 Å². The number of primary amides is 1. The van der Waals surface area contributed by atoms with Crippen LogP contribution in [0.25, 0.3) is 10.9 Å². The lowest BCUT2D eigenvalue weighted by Crippen LogP contribution is -2.32. The maximum absolute atomic E-state index is 15.7. The Kier molecular flexibility index (Phi) is 5.70. The molecule has 3 aliphatic rings. The van der Waals surface area contributed by atoms with E-state index in [1.54, 1.807) is 10.6 Å². The molecule has 0 radical (unpaired) electrons. The van der Waals surface area contributed by atoms with Crippen LogP contribution in [0, 0.1) is 5.82 Å². The van der Waals surface area contributed by atoms with E-state index in [0.29, 0.717) is 37.1 Å². The summed E-state index contributed by atoms with van der Waals surface area (Å²) in [6, 6.07) is 6.32. The third-order valence-corrected chi connectivity index (χ3v) is 7.55. The van der Waals surface area contributed by atoms with Crippen molar-refractivity contribution in [2.45, 2.75) is 38.5 Å². The maximum atomic E-state index is 15.7. The van der Waals surface area contributed by atoms with Crippen LogP contribution < -0.4 is 25.7 Å². The highest BCUT2D eigenvalue weighted by Gasteiger charge is 2.36. The van der Waals surface area contributed by atoms with Gasteiger partial charge in [-0.1, -0.05) is 6.07 Å². The normalized spacial score (nSPS) is 20.3. The SMILES string of the molecule is CC1COc2c(N3CCCc4cc(N5C[C@H](C(N)=O)OC5=O)ccc4C3)c(F)cc3c(=O)c(C(=O)O)cn1c23. The van der Waals surface area contributed by atoms with Crippen molar-refractivity contribution in [3.05, 3.63) is 63.2 Å². The van der Waals surface area contributed by atoms with Gasteiger partial charge in [-0.2, -0.15) is 0 Å². The molecule has 1 unspecified atom stereocenters. The first-order valence-electron chi connectivity index (χ1n) is 12.6. The Bertz CT molecular complexity index is 1630. The Hall–Kier alpha value is -4.61. The van der Waals surface area contributed by atoms with Crippen molar-refractivity contribution >= 4 is 40.2 Å². The first kappa shape index (κ1) is 24.7. The van der Waals surface area contributed by atoms with Gasteiger partial charge in [-0.25, -0.2) is 14.0 Å².